The first kappa shape index (κ1) is 12.3. The Morgan fingerprint density at radius 2 is 1.73 bits per heavy atom. The Kier molecular flexibility index (Phi) is 4.92. The van der Waals surface area contributed by atoms with Gasteiger partial charge in [-0.05, 0) is 43.0 Å². The van der Waals surface area contributed by atoms with E-state index in [0.29, 0.717) is 16.5 Å². The second-order valence-electron chi connectivity index (χ2n) is 3.38. The van der Waals surface area contributed by atoms with Crippen LogP contribution in [0.3, 0.4) is 0 Å². The molecule has 1 rings (SSSR count). The quantitative estimate of drug-likeness (QED) is 0.803. The molecule has 0 amide bonds. The SMILES string of the molecule is O=C(O)CCCCc1cc(Cl)cc(Cl)c1. The molecular weight excluding hydrogens is 235 g/mol. The smallest absolute Gasteiger partial charge is 0.303 e. The summed E-state index contributed by atoms with van der Waals surface area (Å²) < 4.78 is 0. The van der Waals surface area contributed by atoms with Crippen molar-refractivity contribution in [2.75, 3.05) is 0 Å². The molecule has 0 saturated carbocycles. The van der Waals surface area contributed by atoms with Gasteiger partial charge in [-0.15, -0.1) is 0 Å². The summed E-state index contributed by atoms with van der Waals surface area (Å²) in [5.41, 5.74) is 1.05. The van der Waals surface area contributed by atoms with Crippen LogP contribution < -0.4 is 0 Å². The topological polar surface area (TPSA) is 37.3 Å². The first-order valence-electron chi connectivity index (χ1n) is 4.74. The number of carboxylic acids is 1. The predicted molar refractivity (Wildman–Crippen MR) is 61.7 cm³/mol. The van der Waals surface area contributed by atoms with Gasteiger partial charge < -0.3 is 5.11 Å². The predicted octanol–water partition coefficient (Wildman–Crippen LogP) is 3.79. The van der Waals surface area contributed by atoms with Crippen molar-refractivity contribution in [2.24, 2.45) is 0 Å². The average Bonchev–Trinajstić information content (AvgIpc) is 2.10. The molecule has 0 spiro atoms. The van der Waals surface area contributed by atoms with Gasteiger partial charge in [0.1, 0.15) is 0 Å². The van der Waals surface area contributed by atoms with Crippen LogP contribution >= 0.6 is 23.2 Å². The van der Waals surface area contributed by atoms with Gasteiger partial charge in [-0.3, -0.25) is 4.79 Å². The van der Waals surface area contributed by atoms with Crippen molar-refractivity contribution < 1.29 is 9.90 Å². The fourth-order valence-corrected chi connectivity index (χ4v) is 1.93. The van der Waals surface area contributed by atoms with Gasteiger partial charge in [-0.25, -0.2) is 0 Å². The fraction of sp³-hybridized carbons (Fsp3) is 0.364. The number of carbonyl (C=O) groups is 1. The molecule has 15 heavy (non-hydrogen) atoms. The number of benzene rings is 1. The molecule has 0 aliphatic heterocycles. The zero-order chi connectivity index (χ0) is 11.3. The van der Waals surface area contributed by atoms with Gasteiger partial charge in [0, 0.05) is 16.5 Å². The molecule has 2 nitrogen and oxygen atoms in total. The third kappa shape index (κ3) is 5.05. The Labute approximate surface area is 98.8 Å². The lowest BCUT2D eigenvalue weighted by Gasteiger charge is -2.02. The number of hydrogen-bond donors (Lipinski definition) is 1. The van der Waals surface area contributed by atoms with Gasteiger partial charge in [-0.1, -0.05) is 23.2 Å². The van der Waals surface area contributed by atoms with Crippen LogP contribution in [-0.2, 0) is 11.2 Å². The van der Waals surface area contributed by atoms with E-state index in [9.17, 15) is 4.79 Å². The number of aryl methyl sites for hydroxylation is 1. The molecule has 0 unspecified atom stereocenters. The number of halogens is 2. The van der Waals surface area contributed by atoms with Gasteiger partial charge in [0.15, 0.2) is 0 Å². The van der Waals surface area contributed by atoms with E-state index in [4.69, 9.17) is 28.3 Å². The monoisotopic (exact) mass is 246 g/mol. The van der Waals surface area contributed by atoms with E-state index < -0.39 is 5.97 Å². The maximum Gasteiger partial charge on any atom is 0.303 e. The van der Waals surface area contributed by atoms with Crippen LogP contribution in [0.2, 0.25) is 10.0 Å². The lowest BCUT2D eigenvalue weighted by molar-refractivity contribution is -0.137. The van der Waals surface area contributed by atoms with Gasteiger partial charge in [-0.2, -0.15) is 0 Å². The van der Waals surface area contributed by atoms with Crippen molar-refractivity contribution in [2.45, 2.75) is 25.7 Å². The van der Waals surface area contributed by atoms with Crippen LogP contribution in [0.15, 0.2) is 18.2 Å². The number of unbranched alkanes of at least 4 members (excludes halogenated alkanes) is 1. The second kappa shape index (κ2) is 5.99. The normalized spacial score (nSPS) is 10.3. The fourth-order valence-electron chi connectivity index (χ4n) is 1.36. The Morgan fingerprint density at radius 1 is 1.13 bits per heavy atom. The van der Waals surface area contributed by atoms with Crippen LogP contribution in [0.4, 0.5) is 0 Å². The summed E-state index contributed by atoms with van der Waals surface area (Å²) in [7, 11) is 0. The molecule has 1 N–H and O–H groups in total. The van der Waals surface area contributed by atoms with Crippen molar-refractivity contribution in [3.05, 3.63) is 33.8 Å². The molecule has 0 radical (unpaired) electrons. The molecular formula is C11H12Cl2O2. The third-order valence-electron chi connectivity index (χ3n) is 2.03. The van der Waals surface area contributed by atoms with Crippen LogP contribution in [0, 0.1) is 0 Å². The van der Waals surface area contributed by atoms with E-state index >= 15 is 0 Å². The first-order chi connectivity index (χ1) is 7.08. The summed E-state index contributed by atoms with van der Waals surface area (Å²) in [4.78, 5) is 10.3. The Hall–Kier alpha value is -0.730. The number of hydrogen-bond acceptors (Lipinski definition) is 1. The maximum atomic E-state index is 10.3. The second-order valence-corrected chi connectivity index (χ2v) is 4.25. The Balaban J connectivity index is 2.40. The molecule has 82 valence electrons. The van der Waals surface area contributed by atoms with Gasteiger partial charge in [0.25, 0.3) is 0 Å². The summed E-state index contributed by atoms with van der Waals surface area (Å²) in [5, 5.41) is 9.70. The summed E-state index contributed by atoms with van der Waals surface area (Å²) in [6.07, 6.45) is 2.55. The third-order valence-corrected chi connectivity index (χ3v) is 2.46. The van der Waals surface area contributed by atoms with Crippen molar-refractivity contribution in [1.29, 1.82) is 0 Å². The Bertz CT molecular complexity index is 330. The minimum Gasteiger partial charge on any atom is -0.481 e. The lowest BCUT2D eigenvalue weighted by Crippen LogP contribution is -1.94. The highest BCUT2D eigenvalue weighted by Gasteiger charge is 2.00. The van der Waals surface area contributed by atoms with E-state index in [-0.39, 0.29) is 6.42 Å². The molecule has 1 aromatic carbocycles. The van der Waals surface area contributed by atoms with Crippen molar-refractivity contribution in [3.8, 4) is 0 Å². The van der Waals surface area contributed by atoms with E-state index in [0.717, 1.165) is 18.4 Å². The molecule has 4 heteroatoms. The Morgan fingerprint density at radius 3 is 2.27 bits per heavy atom. The minimum absolute atomic E-state index is 0.217. The van der Waals surface area contributed by atoms with E-state index in [1.165, 1.54) is 0 Å². The van der Waals surface area contributed by atoms with Crippen molar-refractivity contribution >= 4 is 29.2 Å². The average molecular weight is 247 g/mol. The van der Waals surface area contributed by atoms with Gasteiger partial charge in [0.05, 0.1) is 0 Å². The van der Waals surface area contributed by atoms with Crippen LogP contribution in [0.1, 0.15) is 24.8 Å². The molecule has 0 aliphatic carbocycles. The molecule has 0 aliphatic rings. The molecule has 0 heterocycles. The summed E-state index contributed by atoms with van der Waals surface area (Å²) in [6, 6.07) is 5.40. The highest BCUT2D eigenvalue weighted by molar-refractivity contribution is 6.34. The standard InChI is InChI=1S/C11H12Cl2O2/c12-9-5-8(6-10(13)7-9)3-1-2-4-11(14)15/h5-7H,1-4H2,(H,14,15). The summed E-state index contributed by atoms with van der Waals surface area (Å²) >= 11 is 11.7. The van der Waals surface area contributed by atoms with E-state index in [1.807, 2.05) is 12.1 Å². The highest BCUT2D eigenvalue weighted by atomic mass is 35.5. The zero-order valence-corrected chi connectivity index (χ0v) is 9.68. The molecule has 0 fully saturated rings. The maximum absolute atomic E-state index is 10.3. The summed E-state index contributed by atoms with van der Waals surface area (Å²) in [5.74, 6) is -0.751. The molecule has 0 saturated heterocycles. The molecule has 0 atom stereocenters. The molecule has 0 bridgehead atoms. The van der Waals surface area contributed by atoms with Crippen LogP contribution in [0.25, 0.3) is 0 Å². The highest BCUT2D eigenvalue weighted by Crippen LogP contribution is 2.20. The zero-order valence-electron chi connectivity index (χ0n) is 8.17. The van der Waals surface area contributed by atoms with E-state index in [1.54, 1.807) is 6.07 Å². The molecule has 0 aromatic heterocycles. The number of rotatable bonds is 5. The minimum atomic E-state index is -0.751. The lowest BCUT2D eigenvalue weighted by atomic mass is 10.1. The van der Waals surface area contributed by atoms with Crippen LogP contribution in [-0.4, -0.2) is 11.1 Å². The van der Waals surface area contributed by atoms with Crippen LogP contribution in [0.5, 0.6) is 0 Å². The number of aliphatic carboxylic acids is 1. The largest absolute Gasteiger partial charge is 0.481 e. The van der Waals surface area contributed by atoms with Gasteiger partial charge in [0.2, 0.25) is 0 Å². The summed E-state index contributed by atoms with van der Waals surface area (Å²) in [6.45, 7) is 0. The van der Waals surface area contributed by atoms with Gasteiger partial charge >= 0.3 is 5.97 Å². The first-order valence-corrected chi connectivity index (χ1v) is 5.50. The van der Waals surface area contributed by atoms with E-state index in [2.05, 4.69) is 0 Å². The molecule has 1 aromatic rings. The van der Waals surface area contributed by atoms with Crippen molar-refractivity contribution in [1.82, 2.24) is 0 Å². The number of carboxylic acid groups (broad SMARTS) is 1. The van der Waals surface area contributed by atoms with Crippen molar-refractivity contribution in [3.63, 3.8) is 0 Å².